The number of hydrogen-bond donors (Lipinski definition) is 1. The lowest BCUT2D eigenvalue weighted by Gasteiger charge is -2.06. The Morgan fingerprint density at radius 3 is 2.86 bits per heavy atom. The first-order chi connectivity index (χ1) is 10.3. The maximum Gasteiger partial charge on any atom is 0.155 e. The molecule has 0 unspecified atom stereocenters. The van der Waals surface area contributed by atoms with E-state index in [4.69, 9.17) is 11.6 Å². The molecule has 0 spiro atoms. The highest BCUT2D eigenvalue weighted by atomic mass is 35.5. The molecule has 0 aliphatic carbocycles. The standard InChI is InChI=1S/C16H15ClN2S2/c1-2-18-10-11-7-8-14(12(17)9-11)20-16-19-13-5-3-4-6-15(13)21-16/h3-9,18H,2,10H2,1H3. The lowest BCUT2D eigenvalue weighted by Crippen LogP contribution is -2.11. The molecule has 0 saturated heterocycles. The van der Waals surface area contributed by atoms with Gasteiger partial charge in [0.2, 0.25) is 0 Å². The SMILES string of the molecule is CCNCc1ccc(Sc2nc3ccccc3s2)c(Cl)c1. The van der Waals surface area contributed by atoms with Crippen molar-refractivity contribution in [1.29, 1.82) is 0 Å². The van der Waals surface area contributed by atoms with Gasteiger partial charge in [0.1, 0.15) is 0 Å². The Morgan fingerprint density at radius 2 is 2.10 bits per heavy atom. The number of nitrogens with zero attached hydrogens (tertiary/aromatic N) is 1. The van der Waals surface area contributed by atoms with Crippen LogP contribution in [0.5, 0.6) is 0 Å². The normalized spacial score (nSPS) is 11.1. The van der Waals surface area contributed by atoms with E-state index in [1.165, 1.54) is 10.3 Å². The Balaban J connectivity index is 1.80. The Labute approximate surface area is 137 Å². The van der Waals surface area contributed by atoms with Crippen LogP contribution in [0.4, 0.5) is 0 Å². The Hall–Kier alpha value is -1.07. The zero-order valence-electron chi connectivity index (χ0n) is 11.6. The van der Waals surface area contributed by atoms with Crippen molar-refractivity contribution in [2.75, 3.05) is 6.54 Å². The molecule has 108 valence electrons. The van der Waals surface area contributed by atoms with E-state index in [0.717, 1.165) is 32.9 Å². The van der Waals surface area contributed by atoms with Crippen LogP contribution in [0, 0.1) is 0 Å². The van der Waals surface area contributed by atoms with E-state index in [2.05, 4.69) is 35.4 Å². The summed E-state index contributed by atoms with van der Waals surface area (Å²) in [5, 5.41) is 4.09. The molecule has 2 nitrogen and oxygen atoms in total. The zero-order chi connectivity index (χ0) is 14.7. The van der Waals surface area contributed by atoms with Crippen LogP contribution in [0.3, 0.4) is 0 Å². The third kappa shape index (κ3) is 3.58. The maximum atomic E-state index is 6.39. The van der Waals surface area contributed by atoms with Crippen LogP contribution in [0.15, 0.2) is 51.7 Å². The van der Waals surface area contributed by atoms with E-state index in [-0.39, 0.29) is 0 Å². The number of benzene rings is 2. The maximum absolute atomic E-state index is 6.39. The molecule has 0 aliphatic rings. The smallest absolute Gasteiger partial charge is 0.155 e. The van der Waals surface area contributed by atoms with Gasteiger partial charge in [-0.15, -0.1) is 11.3 Å². The third-order valence-corrected chi connectivity index (χ3v) is 5.64. The van der Waals surface area contributed by atoms with E-state index < -0.39 is 0 Å². The number of thiazole rings is 1. The first-order valence-corrected chi connectivity index (χ1v) is 8.80. The number of rotatable bonds is 5. The molecule has 1 heterocycles. The van der Waals surface area contributed by atoms with Gasteiger partial charge in [-0.1, -0.05) is 48.5 Å². The first-order valence-electron chi connectivity index (χ1n) is 6.79. The molecular weight excluding hydrogens is 320 g/mol. The van der Waals surface area contributed by atoms with Crippen LogP contribution in [0.25, 0.3) is 10.2 Å². The highest BCUT2D eigenvalue weighted by Crippen LogP contribution is 2.37. The fraction of sp³-hybridized carbons (Fsp3) is 0.188. The summed E-state index contributed by atoms with van der Waals surface area (Å²) in [6, 6.07) is 14.4. The van der Waals surface area contributed by atoms with Crippen LogP contribution in [0.1, 0.15) is 12.5 Å². The van der Waals surface area contributed by atoms with Crippen LogP contribution >= 0.6 is 34.7 Å². The van der Waals surface area contributed by atoms with Gasteiger partial charge in [0.05, 0.1) is 15.2 Å². The molecule has 1 N–H and O–H groups in total. The Bertz CT molecular complexity index is 722. The summed E-state index contributed by atoms with van der Waals surface area (Å²) in [4.78, 5) is 5.68. The summed E-state index contributed by atoms with van der Waals surface area (Å²) in [6.45, 7) is 3.90. The fourth-order valence-electron chi connectivity index (χ4n) is 2.00. The second-order valence-electron chi connectivity index (χ2n) is 4.59. The highest BCUT2D eigenvalue weighted by molar-refractivity contribution is 8.01. The fourth-order valence-corrected chi connectivity index (χ4v) is 4.34. The molecule has 21 heavy (non-hydrogen) atoms. The average molecular weight is 335 g/mol. The molecule has 0 fully saturated rings. The van der Waals surface area contributed by atoms with Crippen molar-refractivity contribution < 1.29 is 0 Å². The minimum Gasteiger partial charge on any atom is -0.313 e. The number of hydrogen-bond acceptors (Lipinski definition) is 4. The summed E-state index contributed by atoms with van der Waals surface area (Å²) in [6.07, 6.45) is 0. The summed E-state index contributed by atoms with van der Waals surface area (Å²) in [7, 11) is 0. The lowest BCUT2D eigenvalue weighted by molar-refractivity contribution is 0.726. The molecule has 0 aliphatic heterocycles. The van der Waals surface area contributed by atoms with Crippen molar-refractivity contribution in [1.82, 2.24) is 10.3 Å². The predicted molar refractivity (Wildman–Crippen MR) is 92.6 cm³/mol. The van der Waals surface area contributed by atoms with Crippen LogP contribution in [0.2, 0.25) is 5.02 Å². The summed E-state index contributed by atoms with van der Waals surface area (Å²) >= 11 is 9.71. The molecular formula is C16H15ClN2S2. The molecule has 0 atom stereocenters. The first kappa shape index (κ1) is 14.9. The predicted octanol–water partition coefficient (Wildman–Crippen LogP) is 5.21. The number of aromatic nitrogens is 1. The average Bonchev–Trinajstić information content (AvgIpc) is 2.90. The summed E-state index contributed by atoms with van der Waals surface area (Å²) < 4.78 is 2.23. The van der Waals surface area contributed by atoms with Gasteiger partial charge in [-0.2, -0.15) is 0 Å². The topological polar surface area (TPSA) is 24.9 Å². The van der Waals surface area contributed by atoms with Gasteiger partial charge >= 0.3 is 0 Å². The minimum atomic E-state index is 0.787. The zero-order valence-corrected chi connectivity index (χ0v) is 14.0. The van der Waals surface area contributed by atoms with Gasteiger partial charge in [0, 0.05) is 11.4 Å². The van der Waals surface area contributed by atoms with Crippen molar-refractivity contribution in [3.63, 3.8) is 0 Å². The molecule has 0 radical (unpaired) electrons. The van der Waals surface area contributed by atoms with Crippen LogP contribution < -0.4 is 5.32 Å². The van der Waals surface area contributed by atoms with Gasteiger partial charge in [0.15, 0.2) is 4.34 Å². The Morgan fingerprint density at radius 1 is 1.24 bits per heavy atom. The summed E-state index contributed by atoms with van der Waals surface area (Å²) in [5.74, 6) is 0. The van der Waals surface area contributed by atoms with Crippen LogP contribution in [-0.2, 0) is 6.54 Å². The molecule has 2 aromatic carbocycles. The molecule has 3 aromatic rings. The number of halogens is 1. The van der Waals surface area contributed by atoms with E-state index >= 15 is 0 Å². The number of nitrogens with one attached hydrogen (secondary N) is 1. The van der Waals surface area contributed by atoms with Crippen LogP contribution in [-0.4, -0.2) is 11.5 Å². The summed E-state index contributed by atoms with van der Waals surface area (Å²) in [5.41, 5.74) is 2.25. The quantitative estimate of drug-likeness (QED) is 0.693. The van der Waals surface area contributed by atoms with E-state index in [0.29, 0.717) is 0 Å². The van der Waals surface area contributed by atoms with Gasteiger partial charge in [-0.3, -0.25) is 0 Å². The molecule has 0 saturated carbocycles. The van der Waals surface area contributed by atoms with Crippen molar-refractivity contribution in [2.24, 2.45) is 0 Å². The molecule has 0 amide bonds. The van der Waals surface area contributed by atoms with Gasteiger partial charge in [0.25, 0.3) is 0 Å². The second-order valence-corrected chi connectivity index (χ2v) is 7.32. The second kappa shape index (κ2) is 6.79. The number of para-hydroxylation sites is 1. The van der Waals surface area contributed by atoms with Crippen molar-refractivity contribution in [3.05, 3.63) is 53.1 Å². The van der Waals surface area contributed by atoms with Crippen molar-refractivity contribution in [3.8, 4) is 0 Å². The minimum absolute atomic E-state index is 0.787. The van der Waals surface area contributed by atoms with E-state index in [1.807, 2.05) is 24.3 Å². The van der Waals surface area contributed by atoms with Crippen molar-refractivity contribution in [2.45, 2.75) is 22.7 Å². The molecule has 0 bridgehead atoms. The number of fused-ring (bicyclic) bond motifs is 1. The highest BCUT2D eigenvalue weighted by Gasteiger charge is 2.08. The Kier molecular flexibility index (Phi) is 4.80. The van der Waals surface area contributed by atoms with Gasteiger partial charge in [-0.25, -0.2) is 4.98 Å². The van der Waals surface area contributed by atoms with E-state index in [9.17, 15) is 0 Å². The molecule has 1 aromatic heterocycles. The van der Waals surface area contributed by atoms with Crippen molar-refractivity contribution >= 4 is 44.9 Å². The lowest BCUT2D eigenvalue weighted by atomic mass is 10.2. The van der Waals surface area contributed by atoms with Gasteiger partial charge in [-0.05, 0) is 36.4 Å². The third-order valence-electron chi connectivity index (χ3n) is 3.05. The monoisotopic (exact) mass is 334 g/mol. The van der Waals surface area contributed by atoms with E-state index in [1.54, 1.807) is 23.1 Å². The molecule has 5 heteroatoms. The largest absolute Gasteiger partial charge is 0.313 e. The van der Waals surface area contributed by atoms with Gasteiger partial charge < -0.3 is 5.32 Å². The molecule has 3 rings (SSSR count).